The lowest BCUT2D eigenvalue weighted by atomic mass is 10.1. The number of nitrogens with zero attached hydrogens (tertiary/aromatic N) is 3. The molecule has 0 bridgehead atoms. The Bertz CT molecular complexity index is 1110. The fourth-order valence-electron chi connectivity index (χ4n) is 3.60. The zero-order valence-electron chi connectivity index (χ0n) is 21.5. The number of aromatic nitrogens is 2. The van der Waals surface area contributed by atoms with E-state index < -0.39 is 0 Å². The molecule has 0 atom stereocenters. The predicted molar refractivity (Wildman–Crippen MR) is 143 cm³/mol. The minimum atomic E-state index is -0.230. The molecule has 0 fully saturated rings. The number of anilines is 2. The summed E-state index contributed by atoms with van der Waals surface area (Å²) in [6.07, 6.45) is 3.24. The van der Waals surface area contributed by atoms with Crippen molar-refractivity contribution < 1.29 is 14.3 Å². The summed E-state index contributed by atoms with van der Waals surface area (Å²) < 4.78 is 10.7. The van der Waals surface area contributed by atoms with E-state index in [1.165, 1.54) is 0 Å². The topological polar surface area (TPSA) is 101 Å². The Hall–Kier alpha value is -3.85. The van der Waals surface area contributed by atoms with Gasteiger partial charge in [0.25, 0.3) is 5.91 Å². The number of benzene rings is 2. The lowest BCUT2D eigenvalue weighted by Crippen LogP contribution is -2.25. The van der Waals surface area contributed by atoms with Crippen molar-refractivity contribution in [2.45, 2.75) is 19.4 Å². The molecule has 3 N–H and O–H groups in total. The summed E-state index contributed by atoms with van der Waals surface area (Å²) in [4.78, 5) is 24.1. The molecule has 0 aliphatic carbocycles. The van der Waals surface area contributed by atoms with E-state index >= 15 is 0 Å². The van der Waals surface area contributed by atoms with Crippen molar-refractivity contribution in [1.29, 1.82) is 0 Å². The highest BCUT2D eigenvalue weighted by molar-refractivity contribution is 5.98. The van der Waals surface area contributed by atoms with Crippen molar-refractivity contribution in [1.82, 2.24) is 20.2 Å². The molecule has 192 valence electrons. The first-order valence-corrected chi connectivity index (χ1v) is 12.0. The van der Waals surface area contributed by atoms with Crippen LogP contribution in [0.4, 0.5) is 11.8 Å². The van der Waals surface area contributed by atoms with Gasteiger partial charge in [-0.05, 0) is 56.7 Å². The summed E-state index contributed by atoms with van der Waals surface area (Å²) in [5.41, 5.74) is 2.50. The molecule has 9 nitrogen and oxygen atoms in total. The third-order valence-corrected chi connectivity index (χ3v) is 5.55. The van der Waals surface area contributed by atoms with E-state index in [2.05, 4.69) is 30.8 Å². The van der Waals surface area contributed by atoms with Gasteiger partial charge in [-0.3, -0.25) is 4.79 Å². The van der Waals surface area contributed by atoms with Gasteiger partial charge in [0.1, 0.15) is 11.4 Å². The van der Waals surface area contributed by atoms with Crippen LogP contribution in [0.3, 0.4) is 0 Å². The Kier molecular flexibility index (Phi) is 10.3. The Balaban J connectivity index is 1.69. The molecule has 3 rings (SSSR count). The van der Waals surface area contributed by atoms with Gasteiger partial charge in [-0.1, -0.05) is 36.4 Å². The van der Waals surface area contributed by atoms with Gasteiger partial charge in [0.2, 0.25) is 5.95 Å². The molecule has 0 unspecified atom stereocenters. The molecule has 0 saturated heterocycles. The zero-order valence-corrected chi connectivity index (χ0v) is 21.5. The van der Waals surface area contributed by atoms with E-state index in [1.807, 2.05) is 62.6 Å². The number of rotatable bonds is 14. The van der Waals surface area contributed by atoms with E-state index in [0.29, 0.717) is 48.3 Å². The van der Waals surface area contributed by atoms with Crippen LogP contribution in [0.5, 0.6) is 11.5 Å². The number of carbonyl (C=O) groups is 1. The van der Waals surface area contributed by atoms with Gasteiger partial charge < -0.3 is 30.3 Å². The van der Waals surface area contributed by atoms with E-state index in [1.54, 1.807) is 20.4 Å². The first kappa shape index (κ1) is 26.7. The van der Waals surface area contributed by atoms with Crippen LogP contribution in [-0.2, 0) is 13.0 Å². The monoisotopic (exact) mass is 492 g/mol. The van der Waals surface area contributed by atoms with Crippen LogP contribution in [0, 0.1) is 0 Å². The fraction of sp³-hybridized carbons (Fsp3) is 0.370. The van der Waals surface area contributed by atoms with Gasteiger partial charge in [0.05, 0.1) is 14.2 Å². The van der Waals surface area contributed by atoms with E-state index in [4.69, 9.17) is 9.47 Å². The second-order valence-electron chi connectivity index (χ2n) is 8.57. The molecular weight excluding hydrogens is 456 g/mol. The first-order chi connectivity index (χ1) is 17.5. The number of amides is 1. The van der Waals surface area contributed by atoms with Gasteiger partial charge in [-0.25, -0.2) is 4.98 Å². The van der Waals surface area contributed by atoms with Crippen LogP contribution in [0.2, 0.25) is 0 Å². The summed E-state index contributed by atoms with van der Waals surface area (Å²) in [6.45, 7) is 2.70. The van der Waals surface area contributed by atoms with Crippen LogP contribution in [0.15, 0.2) is 54.7 Å². The van der Waals surface area contributed by atoms with Crippen molar-refractivity contribution in [3.63, 3.8) is 0 Å². The summed E-state index contributed by atoms with van der Waals surface area (Å²) in [7, 11) is 7.32. The molecule has 36 heavy (non-hydrogen) atoms. The van der Waals surface area contributed by atoms with Crippen LogP contribution in [-0.4, -0.2) is 68.7 Å². The molecule has 1 aromatic heterocycles. The molecule has 9 heteroatoms. The second-order valence-corrected chi connectivity index (χ2v) is 8.57. The molecule has 0 spiro atoms. The number of ether oxygens (including phenoxy) is 2. The maximum atomic E-state index is 13.0. The lowest BCUT2D eigenvalue weighted by molar-refractivity contribution is 0.0951. The largest absolute Gasteiger partial charge is 0.493 e. The zero-order chi connectivity index (χ0) is 25.8. The van der Waals surface area contributed by atoms with E-state index in [0.717, 1.165) is 30.6 Å². The Morgan fingerprint density at radius 3 is 2.44 bits per heavy atom. The number of hydrogen-bond donors (Lipinski definition) is 3. The predicted octanol–water partition coefficient (Wildman–Crippen LogP) is 3.44. The Morgan fingerprint density at radius 1 is 0.944 bits per heavy atom. The number of hydrogen-bond acceptors (Lipinski definition) is 8. The summed E-state index contributed by atoms with van der Waals surface area (Å²) in [5, 5.41) is 9.53. The maximum absolute atomic E-state index is 13.0. The highest BCUT2D eigenvalue weighted by Crippen LogP contribution is 2.27. The molecule has 1 heterocycles. The smallest absolute Gasteiger partial charge is 0.256 e. The average Bonchev–Trinajstić information content (AvgIpc) is 2.90. The molecule has 0 radical (unpaired) electrons. The standard InChI is InChI=1S/C27H36N6O3/c1-33(2)16-8-14-29-27-31-19-22(26(34)30-18-21-9-6-5-7-10-21)25(32-27)28-15-13-20-11-12-23(35-3)24(17-20)36-4/h5-7,9-12,17,19H,8,13-16,18H2,1-4H3,(H,30,34)(H2,28,29,31,32). The van der Waals surface area contributed by atoms with E-state index in [9.17, 15) is 4.79 Å². The molecule has 0 aliphatic rings. The summed E-state index contributed by atoms with van der Waals surface area (Å²) >= 11 is 0. The number of methoxy groups -OCH3 is 2. The fourth-order valence-corrected chi connectivity index (χ4v) is 3.60. The summed E-state index contributed by atoms with van der Waals surface area (Å²) in [5.74, 6) is 2.12. The third-order valence-electron chi connectivity index (χ3n) is 5.55. The highest BCUT2D eigenvalue weighted by atomic mass is 16.5. The first-order valence-electron chi connectivity index (χ1n) is 12.0. The molecular formula is C27H36N6O3. The number of carbonyl (C=O) groups excluding carboxylic acids is 1. The second kappa shape index (κ2) is 13.9. The van der Waals surface area contributed by atoms with Gasteiger partial charge in [-0.15, -0.1) is 0 Å². The molecule has 0 saturated carbocycles. The Morgan fingerprint density at radius 2 is 1.72 bits per heavy atom. The maximum Gasteiger partial charge on any atom is 0.256 e. The van der Waals surface area contributed by atoms with Crippen LogP contribution >= 0.6 is 0 Å². The van der Waals surface area contributed by atoms with Gasteiger partial charge in [-0.2, -0.15) is 4.98 Å². The average molecular weight is 493 g/mol. The van der Waals surface area contributed by atoms with Crippen LogP contribution < -0.4 is 25.4 Å². The van der Waals surface area contributed by atoms with Crippen LogP contribution in [0.1, 0.15) is 27.9 Å². The third kappa shape index (κ3) is 8.13. The van der Waals surface area contributed by atoms with Crippen molar-refractivity contribution in [3.8, 4) is 11.5 Å². The van der Waals surface area contributed by atoms with E-state index in [-0.39, 0.29) is 5.91 Å². The van der Waals surface area contributed by atoms with Gasteiger partial charge >= 0.3 is 0 Å². The SMILES string of the molecule is COc1ccc(CCNc2nc(NCCCN(C)C)ncc2C(=O)NCc2ccccc2)cc1OC. The van der Waals surface area contributed by atoms with Gasteiger partial charge in [0.15, 0.2) is 11.5 Å². The van der Waals surface area contributed by atoms with Gasteiger partial charge in [0, 0.05) is 25.8 Å². The van der Waals surface area contributed by atoms with Crippen molar-refractivity contribution in [2.75, 3.05) is 58.6 Å². The molecule has 2 aromatic carbocycles. The number of nitrogens with one attached hydrogen (secondary N) is 3. The molecule has 1 amide bonds. The van der Waals surface area contributed by atoms with Crippen molar-refractivity contribution >= 4 is 17.7 Å². The minimum Gasteiger partial charge on any atom is -0.493 e. The Labute approximate surface area is 213 Å². The quantitative estimate of drug-likeness (QED) is 0.294. The lowest BCUT2D eigenvalue weighted by Gasteiger charge is -2.14. The molecule has 0 aliphatic heterocycles. The summed E-state index contributed by atoms with van der Waals surface area (Å²) in [6, 6.07) is 15.6. The van der Waals surface area contributed by atoms with Crippen molar-refractivity contribution in [2.24, 2.45) is 0 Å². The molecule has 3 aromatic rings. The normalized spacial score (nSPS) is 10.7. The van der Waals surface area contributed by atoms with Crippen molar-refractivity contribution in [3.05, 3.63) is 71.4 Å². The van der Waals surface area contributed by atoms with Crippen LogP contribution in [0.25, 0.3) is 0 Å². The highest BCUT2D eigenvalue weighted by Gasteiger charge is 2.15. The minimum absolute atomic E-state index is 0.230.